The minimum absolute atomic E-state index is 0.357. The van der Waals surface area contributed by atoms with Gasteiger partial charge in [0.2, 0.25) is 5.28 Å². The highest BCUT2D eigenvalue weighted by molar-refractivity contribution is 7.56. The zero-order valence-corrected chi connectivity index (χ0v) is 20.0. The molecular weight excluding hydrogens is 461 g/mol. The first-order chi connectivity index (χ1) is 17.1. The summed E-state index contributed by atoms with van der Waals surface area (Å²) in [5.41, 5.74) is 1.48. The average molecular weight is 485 g/mol. The van der Waals surface area contributed by atoms with Crippen LogP contribution in [0.3, 0.4) is 0 Å². The van der Waals surface area contributed by atoms with Gasteiger partial charge in [-0.1, -0.05) is 66.7 Å². The first-order valence-corrected chi connectivity index (χ1v) is 12.8. The lowest BCUT2D eigenvalue weighted by molar-refractivity contribution is 0.0949. The number of carbonyl (C=O) groups is 1. The minimum atomic E-state index is -4.24. The van der Waals surface area contributed by atoms with Gasteiger partial charge in [-0.05, 0) is 55.0 Å². The maximum atomic E-state index is 15.1. The number of benzene rings is 4. The summed E-state index contributed by atoms with van der Waals surface area (Å²) in [6, 6.07) is 31.8. The number of hydrogen-bond acceptors (Lipinski definition) is 5. The highest BCUT2D eigenvalue weighted by Gasteiger charge is 2.62. The maximum absolute atomic E-state index is 15.1. The molecule has 1 N–H and O–H groups in total. The van der Waals surface area contributed by atoms with Crippen LogP contribution in [0, 0.1) is 0 Å². The van der Waals surface area contributed by atoms with Crippen LogP contribution in [0.15, 0.2) is 109 Å². The van der Waals surface area contributed by atoms with Crippen molar-refractivity contribution in [3.05, 3.63) is 126 Å². The molecule has 0 saturated carbocycles. The highest BCUT2D eigenvalue weighted by Crippen LogP contribution is 2.67. The van der Waals surface area contributed by atoms with Crippen LogP contribution in [0.4, 0.5) is 0 Å². The zero-order chi connectivity index (χ0) is 24.3. The molecule has 0 bridgehead atoms. The van der Waals surface area contributed by atoms with E-state index in [0.717, 1.165) is 0 Å². The SMILES string of the molecule is CCOc1ccc([C@]2(P(=O)(Oc3ccccc3)Oc3ccccc3)NC(=O)c3ccccc32)cc1. The molecule has 4 aromatic rings. The Labute approximate surface area is 204 Å². The van der Waals surface area contributed by atoms with Gasteiger partial charge in [-0.2, -0.15) is 0 Å². The normalized spacial score (nSPS) is 16.8. The molecule has 0 unspecified atom stereocenters. The number of nitrogens with one attached hydrogen (secondary N) is 1. The first-order valence-electron chi connectivity index (χ1n) is 11.3. The van der Waals surface area contributed by atoms with Crippen molar-refractivity contribution >= 4 is 13.5 Å². The fourth-order valence-electron chi connectivity index (χ4n) is 4.25. The molecule has 0 fully saturated rings. The van der Waals surface area contributed by atoms with Crippen molar-refractivity contribution in [2.75, 3.05) is 6.61 Å². The van der Waals surface area contributed by atoms with Crippen molar-refractivity contribution in [2.45, 2.75) is 12.2 Å². The Morgan fingerprint density at radius 1 is 0.714 bits per heavy atom. The quantitative estimate of drug-likeness (QED) is 0.293. The molecule has 0 aliphatic carbocycles. The van der Waals surface area contributed by atoms with E-state index in [0.29, 0.717) is 40.5 Å². The summed E-state index contributed by atoms with van der Waals surface area (Å²) in [6.45, 7) is 2.41. The van der Waals surface area contributed by atoms with Crippen LogP contribution in [-0.4, -0.2) is 12.5 Å². The monoisotopic (exact) mass is 485 g/mol. The lowest BCUT2D eigenvalue weighted by atomic mass is 9.97. The summed E-state index contributed by atoms with van der Waals surface area (Å²) in [5, 5.41) is 1.39. The predicted molar refractivity (Wildman–Crippen MR) is 134 cm³/mol. The fraction of sp³-hybridized carbons (Fsp3) is 0.107. The van der Waals surface area contributed by atoms with Crippen LogP contribution in [0.2, 0.25) is 0 Å². The smallest absolute Gasteiger partial charge is 0.465 e. The number of rotatable bonds is 8. The van der Waals surface area contributed by atoms with Crippen LogP contribution in [-0.2, 0) is 9.85 Å². The van der Waals surface area contributed by atoms with E-state index in [1.165, 1.54) is 0 Å². The summed E-state index contributed by atoms with van der Waals surface area (Å²) in [4.78, 5) is 13.2. The van der Waals surface area contributed by atoms with Crippen molar-refractivity contribution in [2.24, 2.45) is 0 Å². The highest BCUT2D eigenvalue weighted by atomic mass is 31.2. The van der Waals surface area contributed by atoms with E-state index in [9.17, 15) is 4.79 Å². The van der Waals surface area contributed by atoms with Gasteiger partial charge in [-0.25, -0.2) is 4.57 Å². The molecule has 176 valence electrons. The van der Waals surface area contributed by atoms with Gasteiger partial charge in [-0.15, -0.1) is 0 Å². The topological polar surface area (TPSA) is 73.9 Å². The molecule has 0 spiro atoms. The second kappa shape index (κ2) is 9.32. The molecule has 1 heterocycles. The molecule has 1 atom stereocenters. The Morgan fingerprint density at radius 2 is 1.26 bits per heavy atom. The third-order valence-electron chi connectivity index (χ3n) is 5.79. The summed E-state index contributed by atoms with van der Waals surface area (Å²) < 4.78 is 33.1. The summed E-state index contributed by atoms with van der Waals surface area (Å²) >= 11 is 0. The standard InChI is InChI=1S/C28H24NO5P/c1-2-32-22-19-17-21(18-20-22)28(26-16-10-9-15-25(26)27(30)29-28)35(31,33-23-11-5-3-6-12-23)34-24-13-7-4-8-14-24/h3-20H,2H2,1H3,(H,29,30)/t28-/m1/s1. The Balaban J connectivity index is 1.75. The third kappa shape index (κ3) is 4.07. The van der Waals surface area contributed by atoms with E-state index < -0.39 is 12.9 Å². The second-order valence-corrected chi connectivity index (χ2v) is 10.0. The summed E-state index contributed by atoms with van der Waals surface area (Å²) in [7, 11) is -4.24. The van der Waals surface area contributed by atoms with Gasteiger partial charge in [0.25, 0.3) is 5.91 Å². The number of hydrogen-bond donors (Lipinski definition) is 1. The fourth-order valence-corrected chi connectivity index (χ4v) is 6.56. The van der Waals surface area contributed by atoms with Crippen LogP contribution in [0.25, 0.3) is 0 Å². The molecule has 1 aliphatic heterocycles. The van der Waals surface area contributed by atoms with E-state index >= 15 is 4.57 Å². The van der Waals surface area contributed by atoms with Crippen LogP contribution >= 0.6 is 7.60 Å². The molecule has 1 amide bonds. The molecule has 0 aromatic heterocycles. The largest absolute Gasteiger partial charge is 0.494 e. The van der Waals surface area contributed by atoms with Crippen LogP contribution in [0.1, 0.15) is 28.4 Å². The minimum Gasteiger partial charge on any atom is -0.494 e. The van der Waals surface area contributed by atoms with Crippen LogP contribution < -0.4 is 19.1 Å². The Morgan fingerprint density at radius 3 is 1.83 bits per heavy atom. The summed E-state index contributed by atoms with van der Waals surface area (Å²) in [6.07, 6.45) is 0. The van der Waals surface area contributed by atoms with Crippen molar-refractivity contribution in [1.29, 1.82) is 0 Å². The third-order valence-corrected chi connectivity index (χ3v) is 8.12. The van der Waals surface area contributed by atoms with Gasteiger partial charge in [0, 0.05) is 11.1 Å². The van der Waals surface area contributed by atoms with E-state index in [1.807, 2.05) is 19.1 Å². The molecule has 5 rings (SSSR count). The molecule has 35 heavy (non-hydrogen) atoms. The van der Waals surface area contributed by atoms with Crippen molar-refractivity contribution < 1.29 is 23.1 Å². The number of fused-ring (bicyclic) bond motifs is 1. The van der Waals surface area contributed by atoms with Gasteiger partial charge in [0.15, 0.2) is 0 Å². The Bertz CT molecular complexity index is 1330. The van der Waals surface area contributed by atoms with Gasteiger partial charge in [0.1, 0.15) is 17.2 Å². The average Bonchev–Trinajstić information content (AvgIpc) is 3.20. The second-order valence-electron chi connectivity index (χ2n) is 7.97. The lowest BCUT2D eigenvalue weighted by Crippen LogP contribution is -2.43. The maximum Gasteiger partial charge on any atom is 0.465 e. The molecule has 7 heteroatoms. The molecule has 1 aliphatic rings. The Kier molecular flexibility index (Phi) is 6.06. The van der Waals surface area contributed by atoms with E-state index in [-0.39, 0.29) is 5.91 Å². The van der Waals surface area contributed by atoms with Crippen molar-refractivity contribution in [1.82, 2.24) is 5.32 Å². The van der Waals surface area contributed by atoms with Gasteiger partial charge in [0.05, 0.1) is 6.61 Å². The lowest BCUT2D eigenvalue weighted by Gasteiger charge is -2.36. The number of amides is 1. The molecule has 0 saturated heterocycles. The van der Waals surface area contributed by atoms with E-state index in [2.05, 4.69) is 5.32 Å². The van der Waals surface area contributed by atoms with E-state index in [1.54, 1.807) is 97.1 Å². The molecule has 6 nitrogen and oxygen atoms in total. The predicted octanol–water partition coefficient (Wildman–Crippen LogP) is 6.38. The van der Waals surface area contributed by atoms with Gasteiger partial charge in [-0.3, -0.25) is 4.79 Å². The van der Waals surface area contributed by atoms with Gasteiger partial charge < -0.3 is 19.1 Å². The zero-order valence-electron chi connectivity index (χ0n) is 19.1. The van der Waals surface area contributed by atoms with Gasteiger partial charge >= 0.3 is 7.60 Å². The number of ether oxygens (including phenoxy) is 1. The van der Waals surface area contributed by atoms with Crippen molar-refractivity contribution in [3.8, 4) is 17.2 Å². The molecule has 0 radical (unpaired) electrons. The van der Waals surface area contributed by atoms with Crippen molar-refractivity contribution in [3.63, 3.8) is 0 Å². The number of carbonyl (C=O) groups excluding carboxylic acids is 1. The van der Waals surface area contributed by atoms with Crippen LogP contribution in [0.5, 0.6) is 17.2 Å². The van der Waals surface area contributed by atoms with E-state index in [4.69, 9.17) is 13.8 Å². The molecule has 4 aromatic carbocycles. The first kappa shape index (κ1) is 22.8. The molecular formula is C28H24NO5P. The number of para-hydroxylation sites is 2. The Hall–Kier alpha value is -4.02. The summed E-state index contributed by atoms with van der Waals surface area (Å²) in [5.74, 6) is 1.02.